The van der Waals surface area contributed by atoms with Gasteiger partial charge in [0.05, 0.1) is 32.6 Å². The molecule has 1 atom stereocenters. The predicted molar refractivity (Wildman–Crippen MR) is 208 cm³/mol. The number of allylic oxidation sites excluding steroid dienone is 4. The van der Waals surface area contributed by atoms with Gasteiger partial charge in [-0.2, -0.15) is 0 Å². The Morgan fingerprint density at radius 1 is 0.551 bits per heavy atom. The molecule has 3 aromatic heterocycles. The zero-order valence-electron chi connectivity index (χ0n) is 26.5. The minimum Gasteiger partial charge on any atom is -0.309 e. The van der Waals surface area contributed by atoms with Crippen LogP contribution < -0.4 is 0 Å². The van der Waals surface area contributed by atoms with Gasteiger partial charge >= 0.3 is 0 Å². The molecule has 2 aliphatic rings. The number of thiophene rings is 1. The third-order valence-corrected chi connectivity index (χ3v) is 11.7. The molecule has 4 heterocycles. The Kier molecular flexibility index (Phi) is 5.66. The number of fused-ring (bicyclic) bond motifs is 12. The highest BCUT2D eigenvalue weighted by atomic mass is 32.1. The van der Waals surface area contributed by atoms with E-state index in [1.807, 2.05) is 11.3 Å². The van der Waals surface area contributed by atoms with Crippen molar-refractivity contribution in [2.75, 3.05) is 0 Å². The van der Waals surface area contributed by atoms with Crippen LogP contribution in [-0.2, 0) is 0 Å². The van der Waals surface area contributed by atoms with Crippen LogP contribution in [0.5, 0.6) is 0 Å². The van der Waals surface area contributed by atoms with Gasteiger partial charge in [0.25, 0.3) is 0 Å². The fraction of sp³-hybridized carbons (Fsp3) is 0.0444. The summed E-state index contributed by atoms with van der Waals surface area (Å²) < 4.78 is 6.19. The summed E-state index contributed by atoms with van der Waals surface area (Å²) in [6.45, 7) is 0. The van der Waals surface area contributed by atoms with Crippen molar-refractivity contribution in [2.45, 2.75) is 12.3 Å². The van der Waals surface area contributed by atoms with Crippen molar-refractivity contribution in [2.24, 2.45) is 4.99 Å². The van der Waals surface area contributed by atoms with E-state index in [9.17, 15) is 0 Å². The smallest absolute Gasteiger partial charge is 0.155 e. The quantitative estimate of drug-likeness (QED) is 0.179. The van der Waals surface area contributed by atoms with E-state index in [2.05, 4.69) is 167 Å². The average molecular weight is 644 g/mol. The highest BCUT2D eigenvalue weighted by molar-refractivity contribution is 7.21. The van der Waals surface area contributed by atoms with Crippen molar-refractivity contribution in [3.63, 3.8) is 0 Å². The molecule has 11 rings (SSSR count). The topological polar surface area (TPSA) is 22.2 Å². The van der Waals surface area contributed by atoms with E-state index in [0.717, 1.165) is 23.6 Å². The summed E-state index contributed by atoms with van der Waals surface area (Å²) in [5, 5.41) is 6.40. The minimum absolute atomic E-state index is 0.283. The van der Waals surface area contributed by atoms with Gasteiger partial charge in [0.15, 0.2) is 5.84 Å². The lowest BCUT2D eigenvalue weighted by atomic mass is 9.85. The summed E-state index contributed by atoms with van der Waals surface area (Å²) in [5.41, 5.74) is 10.9. The molecular weight excluding hydrogens is 615 g/mol. The lowest BCUT2D eigenvalue weighted by Crippen LogP contribution is -2.21. The van der Waals surface area contributed by atoms with Crippen molar-refractivity contribution >= 4 is 70.9 Å². The highest BCUT2D eigenvalue weighted by Gasteiger charge is 2.33. The summed E-state index contributed by atoms with van der Waals surface area (Å²) in [7, 11) is 0. The number of benzene rings is 6. The number of aliphatic imine (C=N–C) groups is 1. The number of nitrogens with zero attached hydrogens (tertiary/aromatic N) is 3. The van der Waals surface area contributed by atoms with E-state index in [1.165, 1.54) is 75.3 Å². The van der Waals surface area contributed by atoms with Crippen LogP contribution in [0, 0.1) is 0 Å². The molecule has 1 aliphatic carbocycles. The second-order valence-electron chi connectivity index (χ2n) is 13.1. The van der Waals surface area contributed by atoms with Crippen molar-refractivity contribution in [3.05, 3.63) is 174 Å². The van der Waals surface area contributed by atoms with Crippen LogP contribution in [-0.4, -0.2) is 15.0 Å². The zero-order chi connectivity index (χ0) is 32.1. The van der Waals surface area contributed by atoms with Crippen LogP contribution in [0.2, 0.25) is 0 Å². The monoisotopic (exact) mass is 643 g/mol. The zero-order valence-corrected chi connectivity index (χ0v) is 27.4. The number of rotatable bonds is 2. The lowest BCUT2D eigenvalue weighted by Gasteiger charge is -2.26. The molecule has 0 bridgehead atoms. The first-order valence-corrected chi connectivity index (χ1v) is 17.7. The summed E-state index contributed by atoms with van der Waals surface area (Å²) in [5.74, 6) is 1.31. The molecule has 4 heteroatoms. The summed E-state index contributed by atoms with van der Waals surface area (Å²) in [6.07, 6.45) is 7.65. The van der Waals surface area contributed by atoms with Gasteiger partial charge in [0.2, 0.25) is 0 Å². The first kappa shape index (κ1) is 27.0. The molecule has 0 radical (unpaired) electrons. The van der Waals surface area contributed by atoms with Gasteiger partial charge in [0.1, 0.15) is 0 Å². The van der Waals surface area contributed by atoms with Crippen molar-refractivity contribution in [1.29, 1.82) is 0 Å². The Morgan fingerprint density at radius 2 is 1.16 bits per heavy atom. The number of hydrogen-bond donors (Lipinski definition) is 0. The molecule has 1 aliphatic heterocycles. The van der Waals surface area contributed by atoms with Crippen LogP contribution >= 0.6 is 11.3 Å². The van der Waals surface area contributed by atoms with Gasteiger partial charge < -0.3 is 4.57 Å². The number of hydrogen-bond acceptors (Lipinski definition) is 2. The number of aromatic nitrogens is 2. The van der Waals surface area contributed by atoms with E-state index in [4.69, 9.17) is 4.99 Å². The fourth-order valence-corrected chi connectivity index (χ4v) is 9.60. The first-order valence-electron chi connectivity index (χ1n) is 16.9. The Balaban J connectivity index is 1.21. The van der Waals surface area contributed by atoms with Gasteiger partial charge in [-0.1, -0.05) is 109 Å². The van der Waals surface area contributed by atoms with Gasteiger partial charge in [-0.3, -0.25) is 4.57 Å². The van der Waals surface area contributed by atoms with Crippen molar-refractivity contribution in [1.82, 2.24) is 9.13 Å². The molecule has 6 aromatic carbocycles. The van der Waals surface area contributed by atoms with Gasteiger partial charge in [-0.05, 0) is 77.0 Å². The van der Waals surface area contributed by atoms with Gasteiger partial charge in [-0.25, -0.2) is 4.99 Å². The number of para-hydroxylation sites is 2. The van der Waals surface area contributed by atoms with Crippen LogP contribution in [0.4, 0.5) is 0 Å². The molecule has 0 amide bonds. The molecule has 3 nitrogen and oxygen atoms in total. The largest absolute Gasteiger partial charge is 0.309 e. The maximum absolute atomic E-state index is 5.51. The molecule has 0 saturated carbocycles. The van der Waals surface area contributed by atoms with Crippen molar-refractivity contribution < 1.29 is 0 Å². The second-order valence-corrected chi connectivity index (χ2v) is 14.1. The van der Waals surface area contributed by atoms with E-state index in [1.54, 1.807) is 0 Å². The molecule has 0 fully saturated rings. The van der Waals surface area contributed by atoms with Crippen LogP contribution in [0.25, 0.3) is 70.5 Å². The molecule has 1 unspecified atom stereocenters. The molecular formula is C45H29N3S. The lowest BCUT2D eigenvalue weighted by molar-refractivity contribution is 0.782. The second kappa shape index (κ2) is 10.3. The maximum Gasteiger partial charge on any atom is 0.155 e. The fourth-order valence-electron chi connectivity index (χ4n) is 8.36. The standard InChI is InChI=1S/C45H29N3S/c1-2-12-28(13-3-1)29-22-24-30(25-23-29)47-36-19-9-5-15-32(36)42-38(47)26-27-39-43(42)33-16-6-10-20-37(33)48(39)45-44-41(31-14-4-8-18-35(31)46-45)34-17-7-11-21-40(34)49-44/h1-13,15-27,31H,14H2. The van der Waals surface area contributed by atoms with Crippen LogP contribution in [0.1, 0.15) is 22.8 Å². The third kappa shape index (κ3) is 3.81. The van der Waals surface area contributed by atoms with Crippen LogP contribution in [0.3, 0.4) is 0 Å². The van der Waals surface area contributed by atoms with Crippen molar-refractivity contribution in [3.8, 4) is 16.8 Å². The van der Waals surface area contributed by atoms with Gasteiger partial charge in [0, 0.05) is 37.9 Å². The SMILES string of the molecule is C1=CCC2C(=C1)N=C(n1c3ccccc3c3c4c5ccccc5n(-c5ccc(-c6ccccc6)cc5)c4ccc31)c1sc3ccccc3c12. The first-order chi connectivity index (χ1) is 24.3. The van der Waals surface area contributed by atoms with E-state index in [-0.39, 0.29) is 5.92 Å². The molecule has 49 heavy (non-hydrogen) atoms. The predicted octanol–water partition coefficient (Wildman–Crippen LogP) is 12.0. The van der Waals surface area contributed by atoms with E-state index < -0.39 is 0 Å². The highest BCUT2D eigenvalue weighted by Crippen LogP contribution is 2.48. The Bertz CT molecular complexity index is 2890. The Labute approximate surface area is 287 Å². The minimum atomic E-state index is 0.283. The van der Waals surface area contributed by atoms with Crippen LogP contribution in [0.15, 0.2) is 168 Å². The maximum atomic E-state index is 5.51. The van der Waals surface area contributed by atoms with E-state index >= 15 is 0 Å². The molecule has 9 aromatic rings. The Morgan fingerprint density at radius 3 is 1.92 bits per heavy atom. The Hall–Kier alpha value is -5.97. The third-order valence-electron chi connectivity index (χ3n) is 10.5. The summed E-state index contributed by atoms with van der Waals surface area (Å²) >= 11 is 1.88. The van der Waals surface area contributed by atoms with E-state index in [0.29, 0.717) is 0 Å². The molecule has 230 valence electrons. The molecule has 0 saturated heterocycles. The molecule has 0 N–H and O–H groups in total. The molecule has 0 spiro atoms. The average Bonchev–Trinajstić information content (AvgIpc) is 3.83. The summed E-state index contributed by atoms with van der Waals surface area (Å²) in [4.78, 5) is 6.79. The summed E-state index contributed by atoms with van der Waals surface area (Å²) in [6, 6.07) is 50.8. The normalized spacial score (nSPS) is 15.6. The van der Waals surface area contributed by atoms with Gasteiger partial charge in [-0.15, -0.1) is 11.3 Å².